The van der Waals surface area contributed by atoms with Gasteiger partial charge in [-0.25, -0.2) is 0 Å². The van der Waals surface area contributed by atoms with Crippen molar-refractivity contribution in [2.24, 2.45) is 5.41 Å². The highest BCUT2D eigenvalue weighted by Crippen LogP contribution is 2.65. The van der Waals surface area contributed by atoms with Gasteiger partial charge < -0.3 is 5.11 Å². The second kappa shape index (κ2) is 22.8. The number of hydrogen-bond donors (Lipinski definition) is 1. The van der Waals surface area contributed by atoms with Crippen molar-refractivity contribution >= 4 is 17.9 Å². The molecule has 0 aliphatic heterocycles. The smallest absolute Gasteiger partial charge is 0.112 e. The van der Waals surface area contributed by atoms with Crippen LogP contribution in [0.2, 0.25) is 0 Å². The van der Waals surface area contributed by atoms with E-state index in [0.29, 0.717) is 5.41 Å². The van der Waals surface area contributed by atoms with Crippen molar-refractivity contribution in [3.8, 4) is 0 Å². The van der Waals surface area contributed by atoms with Gasteiger partial charge in [0.15, 0.2) is 0 Å². The first-order chi connectivity index (χ1) is 16.4. The Bertz CT molecular complexity index is 713. The number of hydrogen-bond acceptors (Lipinski definition) is 1. The molecule has 2 heteroatoms. The maximum atomic E-state index is 7.00. The van der Waals surface area contributed by atoms with E-state index in [2.05, 4.69) is 113 Å². The van der Waals surface area contributed by atoms with Crippen LogP contribution in [0.1, 0.15) is 75.7 Å². The predicted octanol–water partition coefficient (Wildman–Crippen LogP) is 9.42. The molecule has 0 saturated carbocycles. The monoisotopic (exact) mass is 485 g/mol. The van der Waals surface area contributed by atoms with Crippen LogP contribution >= 0.6 is 7.26 Å². The van der Waals surface area contributed by atoms with Crippen molar-refractivity contribution in [3.05, 3.63) is 96.9 Å². The second-order valence-corrected chi connectivity index (χ2v) is 11.5. The topological polar surface area (TPSA) is 20.2 Å². The Balaban J connectivity index is -0.00000108. The third kappa shape index (κ3) is 12.5. The van der Waals surface area contributed by atoms with E-state index in [4.69, 9.17) is 5.11 Å². The highest BCUT2D eigenvalue weighted by Gasteiger charge is 2.46. The molecular formula is C32H54OP+. The largest absolute Gasteiger partial charge is 0.400 e. The summed E-state index contributed by atoms with van der Waals surface area (Å²) in [5.41, 5.74) is 0.296. The van der Waals surface area contributed by atoms with Crippen LogP contribution in [0.15, 0.2) is 96.9 Å². The van der Waals surface area contributed by atoms with Gasteiger partial charge in [-0.1, -0.05) is 117 Å². The molecule has 0 saturated heterocycles. The molecule has 0 atom stereocenters. The zero-order valence-corrected chi connectivity index (χ0v) is 25.0. The van der Waals surface area contributed by atoms with Crippen molar-refractivity contribution < 1.29 is 5.11 Å². The van der Waals surface area contributed by atoms with Gasteiger partial charge in [0.05, 0.1) is 6.16 Å². The van der Waals surface area contributed by atoms with Crippen LogP contribution in [0.25, 0.3) is 0 Å². The van der Waals surface area contributed by atoms with Crippen LogP contribution in [0.3, 0.4) is 0 Å². The number of allylic oxidation sites excluding steroid dienone is 5. The van der Waals surface area contributed by atoms with Gasteiger partial charge in [-0.05, 0) is 55.2 Å². The molecule has 0 aromatic heterocycles. The average Bonchev–Trinajstić information content (AvgIpc) is 2.90. The van der Waals surface area contributed by atoms with E-state index < -0.39 is 7.26 Å². The third-order valence-electron chi connectivity index (χ3n) is 4.66. The fourth-order valence-electron chi connectivity index (χ4n) is 3.30. The molecule has 0 spiro atoms. The minimum absolute atomic E-state index is 0.296. The molecule has 192 valence electrons. The second-order valence-electron chi connectivity index (χ2n) is 7.84. The Morgan fingerprint density at radius 2 is 1.18 bits per heavy atom. The van der Waals surface area contributed by atoms with Crippen molar-refractivity contribution in [2.45, 2.75) is 75.7 Å². The molecule has 2 rings (SSSR count). The van der Waals surface area contributed by atoms with Gasteiger partial charge in [0.2, 0.25) is 0 Å². The van der Waals surface area contributed by atoms with Gasteiger partial charge in [-0.2, -0.15) is 0 Å². The highest BCUT2D eigenvalue weighted by atomic mass is 31.2. The lowest BCUT2D eigenvalue weighted by Gasteiger charge is -2.31. The molecular weight excluding hydrogens is 431 g/mol. The van der Waals surface area contributed by atoms with Crippen LogP contribution in [-0.4, -0.2) is 18.4 Å². The summed E-state index contributed by atoms with van der Waals surface area (Å²) in [6, 6.07) is 22.1. The molecule has 1 N–H and O–H groups in total. The van der Waals surface area contributed by atoms with Gasteiger partial charge in [0.25, 0.3) is 0 Å². The van der Waals surface area contributed by atoms with E-state index >= 15 is 0 Å². The molecule has 0 radical (unpaired) electrons. The zero-order valence-electron chi connectivity index (χ0n) is 24.1. The fourth-order valence-corrected chi connectivity index (χ4v) is 8.11. The first-order valence-corrected chi connectivity index (χ1v) is 14.8. The van der Waals surface area contributed by atoms with Crippen LogP contribution in [0.5, 0.6) is 0 Å². The summed E-state index contributed by atoms with van der Waals surface area (Å²) in [6.07, 6.45) is 10.9. The lowest BCUT2D eigenvalue weighted by atomic mass is 9.94. The van der Waals surface area contributed by atoms with Gasteiger partial charge in [0.1, 0.15) is 23.2 Å². The highest BCUT2D eigenvalue weighted by molar-refractivity contribution is 7.93. The first-order valence-electron chi connectivity index (χ1n) is 12.8. The fraction of sp³-hybridized carbons (Fsp3) is 0.438. The lowest BCUT2D eigenvalue weighted by molar-refractivity contribution is 0.399. The van der Waals surface area contributed by atoms with Crippen molar-refractivity contribution in [3.63, 3.8) is 0 Å². The molecule has 2 aromatic carbocycles. The normalized spacial score (nSPS) is 10.8. The van der Waals surface area contributed by atoms with E-state index in [9.17, 15) is 0 Å². The number of benzene rings is 2. The summed E-state index contributed by atoms with van der Waals surface area (Å²) in [7, 11) is -0.737. The maximum Gasteiger partial charge on any atom is 0.112 e. The van der Waals surface area contributed by atoms with Crippen molar-refractivity contribution in [1.29, 1.82) is 0 Å². The van der Waals surface area contributed by atoms with Crippen LogP contribution in [0, 0.1) is 5.41 Å². The molecule has 34 heavy (non-hydrogen) atoms. The van der Waals surface area contributed by atoms with E-state index in [1.807, 2.05) is 47.6 Å². The van der Waals surface area contributed by atoms with Gasteiger partial charge in [-0.15, -0.1) is 0 Å². The molecule has 0 heterocycles. The van der Waals surface area contributed by atoms with Gasteiger partial charge >= 0.3 is 0 Å². The van der Waals surface area contributed by atoms with E-state index in [0.717, 1.165) is 13.3 Å². The van der Waals surface area contributed by atoms with E-state index in [-0.39, 0.29) is 0 Å². The minimum atomic E-state index is -1.74. The zero-order chi connectivity index (χ0) is 27.0. The molecule has 1 nitrogen and oxygen atoms in total. The summed E-state index contributed by atoms with van der Waals surface area (Å²) < 4.78 is 0. The van der Waals surface area contributed by atoms with Crippen molar-refractivity contribution in [2.75, 3.05) is 13.3 Å². The summed E-state index contributed by atoms with van der Waals surface area (Å²) in [5.74, 6) is 0. The molecule has 0 aliphatic rings. The molecule has 0 fully saturated rings. The number of aliphatic hydroxyl groups excluding tert-OH is 1. The molecule has 0 aliphatic carbocycles. The van der Waals surface area contributed by atoms with Crippen LogP contribution in [0.4, 0.5) is 0 Å². The molecule has 2 aromatic rings. The van der Waals surface area contributed by atoms with E-state index in [1.165, 1.54) is 22.3 Å². The Labute approximate surface area is 214 Å². The Morgan fingerprint density at radius 3 is 1.47 bits per heavy atom. The van der Waals surface area contributed by atoms with Crippen LogP contribution < -0.4 is 10.6 Å². The standard InChI is InChI=1S/C25H32P.3C2H6.CH4O/c1-6-14-22(15-7-2)26(21-20-25(3,4)5,23-16-10-8-11-17-23)24-18-12-9-13-19-24;4*1-2/h6-19H,1,20-21H2,2-5H3;3*1-2H3;2H,1H3/q+1;;;;/b15-7-,22-14+;;;;. The SMILES string of the molecule is C=C/C=C(\C=C/C)[P+](CCC(C)(C)C)(c1ccccc1)c1ccccc1.CC.CC.CC.CO. The maximum absolute atomic E-state index is 7.00. The summed E-state index contributed by atoms with van der Waals surface area (Å²) in [6.45, 7) is 25.1. The van der Waals surface area contributed by atoms with Gasteiger partial charge in [0, 0.05) is 7.11 Å². The Hall–Kier alpha value is -1.95. The summed E-state index contributed by atoms with van der Waals surface area (Å²) in [5, 5.41) is 11.3. The quantitative estimate of drug-likeness (QED) is 0.306. The molecule has 0 amide bonds. The van der Waals surface area contributed by atoms with Gasteiger partial charge in [-0.3, -0.25) is 0 Å². The Morgan fingerprint density at radius 1 is 0.794 bits per heavy atom. The Kier molecular flexibility index (Phi) is 24.6. The predicted molar refractivity (Wildman–Crippen MR) is 163 cm³/mol. The minimum Gasteiger partial charge on any atom is -0.400 e. The van der Waals surface area contributed by atoms with Crippen molar-refractivity contribution in [1.82, 2.24) is 0 Å². The van der Waals surface area contributed by atoms with Crippen LogP contribution in [-0.2, 0) is 0 Å². The first kappa shape index (κ1) is 36.6. The average molecular weight is 486 g/mol. The molecule has 0 bridgehead atoms. The van der Waals surface area contributed by atoms with E-state index in [1.54, 1.807) is 0 Å². The summed E-state index contributed by atoms with van der Waals surface area (Å²) >= 11 is 0. The third-order valence-corrected chi connectivity index (χ3v) is 9.09. The number of aliphatic hydroxyl groups is 1. The lowest BCUT2D eigenvalue weighted by Crippen LogP contribution is -2.27. The molecule has 0 unspecified atom stereocenters. The summed E-state index contributed by atoms with van der Waals surface area (Å²) in [4.78, 5) is 0. The number of rotatable bonds is 7.